The summed E-state index contributed by atoms with van der Waals surface area (Å²) >= 11 is 0. The summed E-state index contributed by atoms with van der Waals surface area (Å²) < 4.78 is 17.5. The van der Waals surface area contributed by atoms with Gasteiger partial charge in [0.1, 0.15) is 11.5 Å². The first kappa shape index (κ1) is 13.5. The van der Waals surface area contributed by atoms with Gasteiger partial charge in [0.15, 0.2) is 5.69 Å². The molecule has 0 N–H and O–H groups in total. The van der Waals surface area contributed by atoms with E-state index in [1.165, 1.54) is 12.1 Å². The van der Waals surface area contributed by atoms with Crippen LogP contribution in [0.4, 0.5) is 10.1 Å². The molecule has 0 unspecified atom stereocenters. The summed E-state index contributed by atoms with van der Waals surface area (Å²) in [6.45, 7) is 4.26. The number of benzene rings is 1. The number of aromatic nitrogens is 2. The number of hydrogen-bond acceptors (Lipinski definition) is 5. The quantitative estimate of drug-likeness (QED) is 0.838. The molecule has 7 heteroatoms. The van der Waals surface area contributed by atoms with Crippen molar-refractivity contribution in [3.8, 4) is 0 Å². The van der Waals surface area contributed by atoms with Crippen molar-refractivity contribution in [3.63, 3.8) is 0 Å². The number of carbonyl (C=O) groups excluding carboxylic acids is 1. The van der Waals surface area contributed by atoms with Gasteiger partial charge >= 0.3 is 0 Å². The van der Waals surface area contributed by atoms with Gasteiger partial charge in [-0.3, -0.25) is 4.79 Å². The van der Waals surface area contributed by atoms with Gasteiger partial charge in [-0.05, 0) is 36.3 Å². The second-order valence-corrected chi connectivity index (χ2v) is 4.95. The SMILES string of the molecule is Cc1nonc1C(=O)N1CCN(c2ccc(F)cc2)CC1. The van der Waals surface area contributed by atoms with Crippen LogP contribution in [0.3, 0.4) is 0 Å². The molecule has 0 atom stereocenters. The smallest absolute Gasteiger partial charge is 0.278 e. The lowest BCUT2D eigenvalue weighted by atomic mass is 10.2. The van der Waals surface area contributed by atoms with Crippen molar-refractivity contribution in [2.75, 3.05) is 31.1 Å². The Hall–Kier alpha value is -2.44. The highest BCUT2D eigenvalue weighted by Gasteiger charge is 2.26. The standard InChI is InChI=1S/C14H15FN4O2/c1-10-13(17-21-16-10)14(20)19-8-6-18(7-9-19)12-4-2-11(15)3-5-12/h2-5H,6-9H2,1H3. The van der Waals surface area contributed by atoms with Gasteiger partial charge in [-0.25, -0.2) is 9.02 Å². The predicted molar refractivity (Wildman–Crippen MR) is 73.6 cm³/mol. The van der Waals surface area contributed by atoms with Gasteiger partial charge < -0.3 is 9.80 Å². The Morgan fingerprint density at radius 1 is 1.14 bits per heavy atom. The molecule has 0 saturated carbocycles. The van der Waals surface area contributed by atoms with E-state index < -0.39 is 0 Å². The topological polar surface area (TPSA) is 62.5 Å². The van der Waals surface area contributed by atoms with E-state index in [1.807, 2.05) is 0 Å². The fourth-order valence-electron chi connectivity index (χ4n) is 2.39. The summed E-state index contributed by atoms with van der Waals surface area (Å²) in [7, 11) is 0. The Balaban J connectivity index is 1.64. The minimum Gasteiger partial charge on any atom is -0.368 e. The first-order valence-electron chi connectivity index (χ1n) is 6.74. The number of halogens is 1. The van der Waals surface area contributed by atoms with Crippen LogP contribution in [-0.2, 0) is 0 Å². The molecule has 1 amide bonds. The molecule has 1 aromatic heterocycles. The Morgan fingerprint density at radius 2 is 1.81 bits per heavy atom. The highest BCUT2D eigenvalue weighted by molar-refractivity contribution is 5.93. The van der Waals surface area contributed by atoms with Crippen LogP contribution in [0, 0.1) is 12.7 Å². The van der Waals surface area contributed by atoms with E-state index in [2.05, 4.69) is 19.8 Å². The average Bonchev–Trinajstić information content (AvgIpc) is 2.94. The zero-order valence-corrected chi connectivity index (χ0v) is 11.6. The van der Waals surface area contributed by atoms with Gasteiger partial charge in [0.2, 0.25) is 0 Å². The summed E-state index contributed by atoms with van der Waals surface area (Å²) in [5.41, 5.74) is 1.73. The lowest BCUT2D eigenvalue weighted by Crippen LogP contribution is -2.49. The Kier molecular flexibility index (Phi) is 3.55. The lowest BCUT2D eigenvalue weighted by molar-refractivity contribution is 0.0735. The van der Waals surface area contributed by atoms with Gasteiger partial charge in [0.05, 0.1) is 0 Å². The minimum absolute atomic E-state index is 0.160. The highest BCUT2D eigenvalue weighted by Crippen LogP contribution is 2.18. The van der Waals surface area contributed by atoms with Crippen molar-refractivity contribution in [1.82, 2.24) is 15.2 Å². The number of carbonyl (C=O) groups is 1. The molecule has 0 radical (unpaired) electrons. The van der Waals surface area contributed by atoms with E-state index in [9.17, 15) is 9.18 Å². The average molecular weight is 290 g/mol. The van der Waals surface area contributed by atoms with Crippen LogP contribution in [-0.4, -0.2) is 47.3 Å². The highest BCUT2D eigenvalue weighted by atomic mass is 19.1. The van der Waals surface area contributed by atoms with Gasteiger partial charge in [-0.2, -0.15) is 0 Å². The zero-order valence-electron chi connectivity index (χ0n) is 11.6. The Morgan fingerprint density at radius 3 is 2.38 bits per heavy atom. The monoisotopic (exact) mass is 290 g/mol. The van der Waals surface area contributed by atoms with Gasteiger partial charge in [0.25, 0.3) is 5.91 Å². The molecule has 1 aromatic carbocycles. The lowest BCUT2D eigenvalue weighted by Gasteiger charge is -2.35. The molecule has 0 bridgehead atoms. The molecule has 1 aliphatic rings. The number of hydrogen-bond donors (Lipinski definition) is 0. The minimum atomic E-state index is -0.249. The molecule has 110 valence electrons. The van der Waals surface area contributed by atoms with E-state index in [-0.39, 0.29) is 17.4 Å². The van der Waals surface area contributed by atoms with Crippen LogP contribution < -0.4 is 4.90 Å². The van der Waals surface area contributed by atoms with E-state index >= 15 is 0 Å². The second kappa shape index (κ2) is 5.51. The summed E-state index contributed by atoms with van der Waals surface area (Å²) in [6, 6.07) is 6.38. The number of anilines is 1. The molecule has 21 heavy (non-hydrogen) atoms. The number of rotatable bonds is 2. The van der Waals surface area contributed by atoms with Crippen molar-refractivity contribution >= 4 is 11.6 Å². The summed E-state index contributed by atoms with van der Waals surface area (Å²) in [5.74, 6) is -0.408. The maximum absolute atomic E-state index is 12.9. The van der Waals surface area contributed by atoms with E-state index in [0.29, 0.717) is 31.9 Å². The zero-order chi connectivity index (χ0) is 14.8. The van der Waals surface area contributed by atoms with Crippen molar-refractivity contribution in [1.29, 1.82) is 0 Å². The van der Waals surface area contributed by atoms with Gasteiger partial charge in [0, 0.05) is 31.9 Å². The van der Waals surface area contributed by atoms with Crippen LogP contribution in [0.1, 0.15) is 16.2 Å². The summed E-state index contributed by atoms with van der Waals surface area (Å²) in [4.78, 5) is 16.1. The molecular formula is C14H15FN4O2. The van der Waals surface area contributed by atoms with Gasteiger partial charge in [-0.1, -0.05) is 5.16 Å². The van der Waals surface area contributed by atoms with Gasteiger partial charge in [-0.15, -0.1) is 0 Å². The maximum atomic E-state index is 12.9. The third-order valence-corrected chi connectivity index (χ3v) is 3.61. The Bertz CT molecular complexity index is 633. The third kappa shape index (κ3) is 2.72. The van der Waals surface area contributed by atoms with E-state index in [4.69, 9.17) is 0 Å². The van der Waals surface area contributed by atoms with Crippen LogP contribution in [0.25, 0.3) is 0 Å². The molecule has 1 aliphatic heterocycles. The third-order valence-electron chi connectivity index (χ3n) is 3.61. The molecule has 2 aromatic rings. The van der Waals surface area contributed by atoms with Crippen molar-refractivity contribution < 1.29 is 13.8 Å². The van der Waals surface area contributed by atoms with Crippen LogP contribution in [0.2, 0.25) is 0 Å². The molecular weight excluding hydrogens is 275 g/mol. The predicted octanol–water partition coefficient (Wildman–Crippen LogP) is 1.48. The fourth-order valence-corrected chi connectivity index (χ4v) is 2.39. The molecule has 3 rings (SSSR count). The molecule has 0 spiro atoms. The van der Waals surface area contributed by atoms with E-state index in [1.54, 1.807) is 24.0 Å². The van der Waals surface area contributed by atoms with Crippen molar-refractivity contribution in [3.05, 3.63) is 41.5 Å². The molecule has 6 nitrogen and oxygen atoms in total. The second-order valence-electron chi connectivity index (χ2n) is 4.95. The van der Waals surface area contributed by atoms with Crippen LogP contribution >= 0.6 is 0 Å². The fraction of sp³-hybridized carbons (Fsp3) is 0.357. The number of piperazine rings is 1. The summed E-state index contributed by atoms with van der Waals surface area (Å²) in [6.07, 6.45) is 0. The largest absolute Gasteiger partial charge is 0.368 e. The molecule has 2 heterocycles. The number of nitrogens with zero attached hydrogens (tertiary/aromatic N) is 4. The van der Waals surface area contributed by atoms with Crippen molar-refractivity contribution in [2.45, 2.75) is 6.92 Å². The first-order chi connectivity index (χ1) is 10.1. The maximum Gasteiger partial charge on any atom is 0.278 e. The summed E-state index contributed by atoms with van der Waals surface area (Å²) in [5, 5.41) is 7.27. The van der Waals surface area contributed by atoms with Crippen LogP contribution in [0.5, 0.6) is 0 Å². The normalized spacial score (nSPS) is 15.3. The molecule has 1 fully saturated rings. The van der Waals surface area contributed by atoms with Crippen molar-refractivity contribution in [2.24, 2.45) is 0 Å². The number of amides is 1. The first-order valence-corrected chi connectivity index (χ1v) is 6.74. The van der Waals surface area contributed by atoms with E-state index in [0.717, 1.165) is 5.69 Å². The van der Waals surface area contributed by atoms with Crippen LogP contribution in [0.15, 0.2) is 28.9 Å². The number of aryl methyl sites for hydroxylation is 1. The molecule has 0 aliphatic carbocycles. The Labute approximate surface area is 121 Å². The molecule has 1 saturated heterocycles.